The van der Waals surface area contributed by atoms with E-state index in [0.717, 1.165) is 6.42 Å². The van der Waals surface area contributed by atoms with Crippen LogP contribution < -0.4 is 14.8 Å². The molecule has 0 fully saturated rings. The van der Waals surface area contributed by atoms with Crippen LogP contribution in [-0.4, -0.2) is 43.0 Å². The SMILES string of the molecule is CCCOC(=O)c1ccc(Nc2nc(SC)nc(-c3ccc(OC)c(OC)c3)c2C#N)cc1. The summed E-state index contributed by atoms with van der Waals surface area (Å²) in [6, 6.07) is 14.4. The lowest BCUT2D eigenvalue weighted by Gasteiger charge is -2.14. The first-order chi connectivity index (χ1) is 16.0. The van der Waals surface area contributed by atoms with E-state index in [1.807, 2.05) is 19.2 Å². The van der Waals surface area contributed by atoms with Gasteiger partial charge in [-0.05, 0) is 55.1 Å². The number of anilines is 2. The lowest BCUT2D eigenvalue weighted by molar-refractivity contribution is 0.0505. The van der Waals surface area contributed by atoms with Gasteiger partial charge in [0, 0.05) is 11.3 Å². The number of methoxy groups -OCH3 is 2. The molecule has 0 saturated heterocycles. The first kappa shape index (κ1) is 23.9. The van der Waals surface area contributed by atoms with E-state index in [0.29, 0.717) is 51.6 Å². The number of esters is 1. The molecule has 0 unspecified atom stereocenters. The molecule has 1 N–H and O–H groups in total. The zero-order chi connectivity index (χ0) is 23.8. The second-order valence-electron chi connectivity index (χ2n) is 6.80. The summed E-state index contributed by atoms with van der Waals surface area (Å²) in [6.07, 6.45) is 2.62. The molecule has 170 valence electrons. The van der Waals surface area contributed by atoms with Crippen LogP contribution in [-0.2, 0) is 4.74 Å². The van der Waals surface area contributed by atoms with Gasteiger partial charge in [-0.3, -0.25) is 0 Å². The molecule has 0 amide bonds. The maximum atomic E-state index is 12.0. The summed E-state index contributed by atoms with van der Waals surface area (Å²) in [7, 11) is 3.11. The fourth-order valence-electron chi connectivity index (χ4n) is 3.02. The van der Waals surface area contributed by atoms with E-state index in [9.17, 15) is 10.1 Å². The predicted molar refractivity (Wildman–Crippen MR) is 127 cm³/mol. The molecule has 0 aliphatic rings. The van der Waals surface area contributed by atoms with E-state index in [1.54, 1.807) is 50.6 Å². The number of carbonyl (C=O) groups excluding carboxylic acids is 1. The van der Waals surface area contributed by atoms with Crippen LogP contribution >= 0.6 is 11.8 Å². The molecule has 3 rings (SSSR count). The number of hydrogen-bond donors (Lipinski definition) is 1. The van der Waals surface area contributed by atoms with Crippen molar-refractivity contribution in [3.8, 4) is 28.8 Å². The van der Waals surface area contributed by atoms with Crippen molar-refractivity contribution in [2.24, 2.45) is 0 Å². The normalized spacial score (nSPS) is 10.3. The van der Waals surface area contributed by atoms with E-state index >= 15 is 0 Å². The molecule has 0 saturated carbocycles. The number of nitriles is 1. The van der Waals surface area contributed by atoms with Crippen LogP contribution in [0.2, 0.25) is 0 Å². The number of thioether (sulfide) groups is 1. The molecule has 0 bridgehead atoms. The Morgan fingerprint density at radius 3 is 2.42 bits per heavy atom. The lowest BCUT2D eigenvalue weighted by atomic mass is 10.1. The van der Waals surface area contributed by atoms with E-state index in [-0.39, 0.29) is 11.5 Å². The van der Waals surface area contributed by atoms with E-state index in [1.165, 1.54) is 11.8 Å². The van der Waals surface area contributed by atoms with Gasteiger partial charge >= 0.3 is 5.97 Å². The standard InChI is InChI=1S/C24H24N4O4S/c1-5-12-32-23(29)15-6-9-17(10-7-15)26-22-18(14-25)21(27-24(28-22)33-4)16-8-11-19(30-2)20(13-16)31-3/h6-11,13H,5,12H2,1-4H3,(H,26,27,28). The maximum Gasteiger partial charge on any atom is 0.338 e. The number of rotatable bonds is 9. The molecule has 0 radical (unpaired) electrons. The molecular formula is C24H24N4O4S. The number of hydrogen-bond acceptors (Lipinski definition) is 9. The van der Waals surface area contributed by atoms with Gasteiger partial charge in [-0.1, -0.05) is 18.7 Å². The van der Waals surface area contributed by atoms with Crippen molar-refractivity contribution in [2.75, 3.05) is 32.4 Å². The highest BCUT2D eigenvalue weighted by molar-refractivity contribution is 7.98. The maximum absolute atomic E-state index is 12.0. The van der Waals surface area contributed by atoms with Crippen LogP contribution in [0.15, 0.2) is 47.6 Å². The Balaban J connectivity index is 1.98. The van der Waals surface area contributed by atoms with Crippen molar-refractivity contribution >= 4 is 29.2 Å². The topological polar surface area (TPSA) is 106 Å². The molecule has 0 aliphatic carbocycles. The van der Waals surface area contributed by atoms with Gasteiger partial charge in [0.15, 0.2) is 22.5 Å². The van der Waals surface area contributed by atoms with Crippen LogP contribution in [0.1, 0.15) is 29.3 Å². The van der Waals surface area contributed by atoms with Gasteiger partial charge in [0.2, 0.25) is 0 Å². The van der Waals surface area contributed by atoms with Crippen LogP contribution in [0.5, 0.6) is 11.5 Å². The van der Waals surface area contributed by atoms with E-state index < -0.39 is 0 Å². The Kier molecular flexibility index (Phi) is 8.11. The molecule has 2 aromatic carbocycles. The Labute approximate surface area is 196 Å². The van der Waals surface area contributed by atoms with Gasteiger partial charge in [-0.2, -0.15) is 5.26 Å². The van der Waals surface area contributed by atoms with E-state index in [2.05, 4.69) is 21.4 Å². The Bertz CT molecular complexity index is 1180. The van der Waals surface area contributed by atoms with Crippen molar-refractivity contribution in [3.05, 3.63) is 53.6 Å². The average Bonchev–Trinajstić information content (AvgIpc) is 2.86. The molecule has 0 atom stereocenters. The van der Waals surface area contributed by atoms with Gasteiger partial charge in [0.05, 0.1) is 32.1 Å². The largest absolute Gasteiger partial charge is 0.493 e. The molecule has 0 spiro atoms. The van der Waals surface area contributed by atoms with Gasteiger partial charge in [-0.15, -0.1) is 0 Å². The third kappa shape index (κ3) is 5.54. The Morgan fingerprint density at radius 1 is 1.09 bits per heavy atom. The highest BCUT2D eigenvalue weighted by Gasteiger charge is 2.18. The smallest absolute Gasteiger partial charge is 0.338 e. The number of carbonyl (C=O) groups is 1. The first-order valence-electron chi connectivity index (χ1n) is 10.2. The fourth-order valence-corrected chi connectivity index (χ4v) is 3.39. The molecule has 9 heteroatoms. The number of nitrogens with one attached hydrogen (secondary N) is 1. The van der Waals surface area contributed by atoms with Crippen LogP contribution in [0.3, 0.4) is 0 Å². The van der Waals surface area contributed by atoms with Crippen molar-refractivity contribution < 1.29 is 19.0 Å². The number of aromatic nitrogens is 2. The quantitative estimate of drug-likeness (QED) is 0.264. The number of nitrogens with zero attached hydrogens (tertiary/aromatic N) is 3. The monoisotopic (exact) mass is 464 g/mol. The minimum atomic E-state index is -0.372. The summed E-state index contributed by atoms with van der Waals surface area (Å²) < 4.78 is 15.9. The molecule has 1 aromatic heterocycles. The molecule has 33 heavy (non-hydrogen) atoms. The van der Waals surface area contributed by atoms with Crippen molar-refractivity contribution in [1.82, 2.24) is 9.97 Å². The fraction of sp³-hybridized carbons (Fsp3) is 0.250. The summed E-state index contributed by atoms with van der Waals surface area (Å²) in [5.41, 5.74) is 2.57. The van der Waals surface area contributed by atoms with Crippen LogP contribution in [0.25, 0.3) is 11.3 Å². The Morgan fingerprint density at radius 2 is 1.82 bits per heavy atom. The zero-order valence-electron chi connectivity index (χ0n) is 18.8. The van der Waals surface area contributed by atoms with Gasteiger partial charge in [0.1, 0.15) is 11.6 Å². The first-order valence-corrected chi connectivity index (χ1v) is 11.4. The number of ether oxygens (including phenoxy) is 3. The molecule has 1 heterocycles. The second-order valence-corrected chi connectivity index (χ2v) is 7.58. The minimum Gasteiger partial charge on any atom is -0.493 e. The van der Waals surface area contributed by atoms with Crippen molar-refractivity contribution in [2.45, 2.75) is 18.5 Å². The van der Waals surface area contributed by atoms with Crippen LogP contribution in [0, 0.1) is 11.3 Å². The van der Waals surface area contributed by atoms with Gasteiger partial charge in [-0.25, -0.2) is 14.8 Å². The summed E-state index contributed by atoms with van der Waals surface area (Å²) in [4.78, 5) is 21.1. The lowest BCUT2D eigenvalue weighted by Crippen LogP contribution is -2.06. The molecule has 8 nitrogen and oxygen atoms in total. The van der Waals surface area contributed by atoms with Gasteiger partial charge in [0.25, 0.3) is 0 Å². The molecule has 3 aromatic rings. The third-order valence-corrected chi connectivity index (χ3v) is 5.21. The molecule has 0 aliphatic heterocycles. The highest BCUT2D eigenvalue weighted by atomic mass is 32.2. The van der Waals surface area contributed by atoms with Crippen molar-refractivity contribution in [3.63, 3.8) is 0 Å². The molecular weight excluding hydrogens is 440 g/mol. The summed E-state index contributed by atoms with van der Waals surface area (Å²) in [5, 5.41) is 13.6. The van der Waals surface area contributed by atoms with Gasteiger partial charge < -0.3 is 19.5 Å². The third-order valence-electron chi connectivity index (χ3n) is 4.66. The Hall–Kier alpha value is -3.77. The predicted octanol–water partition coefficient (Wildman–Crippen LogP) is 5.06. The highest BCUT2D eigenvalue weighted by Crippen LogP contribution is 2.35. The summed E-state index contributed by atoms with van der Waals surface area (Å²) in [6.45, 7) is 2.32. The van der Waals surface area contributed by atoms with Crippen molar-refractivity contribution in [1.29, 1.82) is 5.26 Å². The zero-order valence-corrected chi connectivity index (χ0v) is 19.7. The summed E-state index contributed by atoms with van der Waals surface area (Å²) in [5.74, 6) is 1.10. The second kappa shape index (κ2) is 11.2. The number of benzene rings is 2. The van der Waals surface area contributed by atoms with E-state index in [4.69, 9.17) is 14.2 Å². The summed E-state index contributed by atoms with van der Waals surface area (Å²) >= 11 is 1.36. The minimum absolute atomic E-state index is 0.284. The van der Waals surface area contributed by atoms with Crippen LogP contribution in [0.4, 0.5) is 11.5 Å². The average molecular weight is 465 g/mol.